The SMILES string of the molecule is CC1CCCC(N(C)C(=O)N[C@@H](C(=O)O)C(C)(C)C)C1. The molecular weight excluding hydrogens is 256 g/mol. The van der Waals surface area contributed by atoms with Crippen LogP contribution in [0.5, 0.6) is 0 Å². The lowest BCUT2D eigenvalue weighted by Gasteiger charge is -2.36. The molecule has 1 saturated carbocycles. The van der Waals surface area contributed by atoms with Gasteiger partial charge in [-0.1, -0.05) is 40.5 Å². The molecule has 0 bridgehead atoms. The van der Waals surface area contributed by atoms with E-state index in [0.29, 0.717) is 5.92 Å². The molecule has 20 heavy (non-hydrogen) atoms. The summed E-state index contributed by atoms with van der Waals surface area (Å²) >= 11 is 0. The number of nitrogens with zero attached hydrogens (tertiary/aromatic N) is 1. The van der Waals surface area contributed by atoms with Crippen molar-refractivity contribution in [3.8, 4) is 0 Å². The van der Waals surface area contributed by atoms with E-state index in [0.717, 1.165) is 19.3 Å². The number of carbonyl (C=O) groups is 2. The molecule has 0 aromatic rings. The second-order valence-electron chi connectivity index (χ2n) is 7.12. The van der Waals surface area contributed by atoms with Crippen molar-refractivity contribution in [1.82, 2.24) is 10.2 Å². The van der Waals surface area contributed by atoms with Crippen molar-refractivity contribution < 1.29 is 14.7 Å². The van der Waals surface area contributed by atoms with Crippen LogP contribution in [0.15, 0.2) is 0 Å². The lowest BCUT2D eigenvalue weighted by atomic mass is 9.86. The first-order chi connectivity index (χ1) is 9.12. The smallest absolute Gasteiger partial charge is 0.326 e. The number of carboxylic acids is 1. The van der Waals surface area contributed by atoms with Crippen LogP contribution in [0.1, 0.15) is 53.4 Å². The van der Waals surface area contributed by atoms with Crippen LogP contribution in [0, 0.1) is 11.3 Å². The molecule has 2 unspecified atom stereocenters. The largest absolute Gasteiger partial charge is 0.480 e. The maximum Gasteiger partial charge on any atom is 0.326 e. The van der Waals surface area contributed by atoms with Crippen molar-refractivity contribution in [2.75, 3.05) is 7.05 Å². The highest BCUT2D eigenvalue weighted by Gasteiger charge is 2.34. The van der Waals surface area contributed by atoms with Crippen molar-refractivity contribution in [2.24, 2.45) is 11.3 Å². The number of rotatable bonds is 3. The first-order valence-corrected chi connectivity index (χ1v) is 7.39. The van der Waals surface area contributed by atoms with Crippen LogP contribution in [0.25, 0.3) is 0 Å². The third kappa shape index (κ3) is 4.39. The van der Waals surface area contributed by atoms with Crippen molar-refractivity contribution in [3.05, 3.63) is 0 Å². The molecule has 0 aromatic carbocycles. The van der Waals surface area contributed by atoms with E-state index in [4.69, 9.17) is 0 Å². The molecule has 0 heterocycles. The molecule has 5 nitrogen and oxygen atoms in total. The number of aliphatic carboxylic acids is 1. The van der Waals surface area contributed by atoms with Crippen molar-refractivity contribution in [3.63, 3.8) is 0 Å². The topological polar surface area (TPSA) is 69.6 Å². The highest BCUT2D eigenvalue weighted by atomic mass is 16.4. The van der Waals surface area contributed by atoms with Crippen molar-refractivity contribution in [2.45, 2.75) is 65.5 Å². The van der Waals surface area contributed by atoms with E-state index in [-0.39, 0.29) is 12.1 Å². The number of urea groups is 1. The Kier molecular flexibility index (Phi) is 5.42. The molecule has 5 heteroatoms. The second kappa shape index (κ2) is 6.46. The first kappa shape index (κ1) is 16.8. The number of carboxylic acid groups (broad SMARTS) is 1. The fourth-order valence-electron chi connectivity index (χ4n) is 2.79. The predicted octanol–water partition coefficient (Wildman–Crippen LogP) is 2.71. The molecule has 0 radical (unpaired) electrons. The Hall–Kier alpha value is -1.26. The summed E-state index contributed by atoms with van der Waals surface area (Å²) in [6, 6.07) is -0.946. The Morgan fingerprint density at radius 3 is 2.35 bits per heavy atom. The molecular formula is C15H28N2O3. The van der Waals surface area contributed by atoms with E-state index in [9.17, 15) is 14.7 Å². The van der Waals surface area contributed by atoms with Crippen LogP contribution in [0.3, 0.4) is 0 Å². The van der Waals surface area contributed by atoms with Gasteiger partial charge in [0.25, 0.3) is 0 Å². The summed E-state index contributed by atoms with van der Waals surface area (Å²) in [6.45, 7) is 7.64. The van der Waals surface area contributed by atoms with Crippen LogP contribution in [-0.4, -0.2) is 41.1 Å². The van der Waals surface area contributed by atoms with Crippen LogP contribution >= 0.6 is 0 Å². The van der Waals surface area contributed by atoms with E-state index in [2.05, 4.69) is 12.2 Å². The molecule has 1 aliphatic rings. The van der Waals surface area contributed by atoms with Crippen LogP contribution in [-0.2, 0) is 4.79 Å². The number of carbonyl (C=O) groups excluding carboxylic acids is 1. The lowest BCUT2D eigenvalue weighted by Crippen LogP contribution is -2.54. The summed E-state index contributed by atoms with van der Waals surface area (Å²) in [5, 5.41) is 11.9. The fourth-order valence-corrected chi connectivity index (χ4v) is 2.79. The quantitative estimate of drug-likeness (QED) is 0.837. The molecule has 3 atom stereocenters. The van der Waals surface area contributed by atoms with Gasteiger partial charge in [0.15, 0.2) is 0 Å². The van der Waals surface area contributed by atoms with Gasteiger partial charge in [-0.15, -0.1) is 0 Å². The van der Waals surface area contributed by atoms with E-state index in [1.54, 1.807) is 11.9 Å². The van der Waals surface area contributed by atoms with Gasteiger partial charge < -0.3 is 15.3 Å². The zero-order valence-corrected chi connectivity index (χ0v) is 13.3. The number of amides is 2. The summed E-state index contributed by atoms with van der Waals surface area (Å²) in [6.07, 6.45) is 4.34. The number of hydrogen-bond donors (Lipinski definition) is 2. The zero-order chi connectivity index (χ0) is 15.5. The van der Waals surface area contributed by atoms with Gasteiger partial charge in [-0.25, -0.2) is 9.59 Å². The first-order valence-electron chi connectivity index (χ1n) is 7.39. The Labute approximate surface area is 121 Å². The molecule has 2 amide bonds. The average molecular weight is 284 g/mol. The zero-order valence-electron chi connectivity index (χ0n) is 13.3. The van der Waals surface area contributed by atoms with Crippen LogP contribution in [0.2, 0.25) is 0 Å². The Morgan fingerprint density at radius 1 is 1.30 bits per heavy atom. The second-order valence-corrected chi connectivity index (χ2v) is 7.12. The Bertz CT molecular complexity index is 363. The minimum atomic E-state index is -0.990. The highest BCUT2D eigenvalue weighted by molar-refractivity contribution is 5.83. The molecule has 0 aliphatic heterocycles. The molecule has 116 valence electrons. The van der Waals surface area contributed by atoms with E-state index in [1.807, 2.05) is 20.8 Å². The standard InChI is InChI=1S/C15H28N2O3/c1-10-7-6-8-11(9-10)17(5)14(20)16-12(13(18)19)15(2,3)4/h10-12H,6-9H2,1-5H3,(H,16,20)(H,18,19)/t10?,11?,12-/m0/s1. The summed E-state index contributed by atoms with van der Waals surface area (Å²) in [5.74, 6) is -0.363. The van der Waals surface area contributed by atoms with Gasteiger partial charge in [0, 0.05) is 13.1 Å². The monoisotopic (exact) mass is 284 g/mol. The lowest BCUT2D eigenvalue weighted by molar-refractivity contribution is -0.142. The third-order valence-corrected chi connectivity index (χ3v) is 4.16. The van der Waals surface area contributed by atoms with Crippen molar-refractivity contribution in [1.29, 1.82) is 0 Å². The fraction of sp³-hybridized carbons (Fsp3) is 0.867. The molecule has 0 aromatic heterocycles. The summed E-state index contributed by atoms with van der Waals surface area (Å²) < 4.78 is 0. The molecule has 0 saturated heterocycles. The summed E-state index contributed by atoms with van der Waals surface area (Å²) in [7, 11) is 1.76. The minimum absolute atomic E-state index is 0.216. The molecule has 1 fully saturated rings. The van der Waals surface area contributed by atoms with Gasteiger partial charge in [-0.3, -0.25) is 0 Å². The Balaban J connectivity index is 2.66. The summed E-state index contributed by atoms with van der Waals surface area (Å²) in [5.41, 5.74) is -0.512. The van der Waals surface area contributed by atoms with E-state index >= 15 is 0 Å². The van der Waals surface area contributed by atoms with Crippen LogP contribution < -0.4 is 5.32 Å². The van der Waals surface area contributed by atoms with Gasteiger partial charge in [0.05, 0.1) is 0 Å². The van der Waals surface area contributed by atoms with Crippen molar-refractivity contribution >= 4 is 12.0 Å². The minimum Gasteiger partial charge on any atom is -0.480 e. The normalized spacial score (nSPS) is 24.9. The van der Waals surface area contributed by atoms with Gasteiger partial charge in [0.1, 0.15) is 6.04 Å². The number of nitrogens with one attached hydrogen (secondary N) is 1. The number of hydrogen-bond acceptors (Lipinski definition) is 2. The predicted molar refractivity (Wildman–Crippen MR) is 78.6 cm³/mol. The van der Waals surface area contributed by atoms with Crippen LogP contribution in [0.4, 0.5) is 4.79 Å². The molecule has 1 rings (SSSR count). The van der Waals surface area contributed by atoms with Gasteiger partial charge in [0.2, 0.25) is 0 Å². The molecule has 2 N–H and O–H groups in total. The van der Waals surface area contributed by atoms with E-state index in [1.165, 1.54) is 6.42 Å². The van der Waals surface area contributed by atoms with Gasteiger partial charge in [-0.05, 0) is 24.2 Å². The third-order valence-electron chi connectivity index (χ3n) is 4.16. The maximum atomic E-state index is 12.3. The summed E-state index contributed by atoms with van der Waals surface area (Å²) in [4.78, 5) is 25.2. The highest BCUT2D eigenvalue weighted by Crippen LogP contribution is 2.27. The maximum absolute atomic E-state index is 12.3. The molecule has 0 spiro atoms. The van der Waals surface area contributed by atoms with Gasteiger partial charge >= 0.3 is 12.0 Å². The molecule has 1 aliphatic carbocycles. The van der Waals surface area contributed by atoms with Gasteiger partial charge in [-0.2, -0.15) is 0 Å². The Morgan fingerprint density at radius 2 is 1.90 bits per heavy atom. The average Bonchev–Trinajstić information content (AvgIpc) is 2.32. The van der Waals surface area contributed by atoms with E-state index < -0.39 is 17.4 Å².